The summed E-state index contributed by atoms with van der Waals surface area (Å²) < 4.78 is 2.13. The first kappa shape index (κ1) is 15.5. The van der Waals surface area contributed by atoms with Crippen LogP contribution < -0.4 is 5.32 Å². The monoisotopic (exact) mass is 329 g/mol. The minimum Gasteiger partial charge on any atom is -0.351 e. The quantitative estimate of drug-likeness (QED) is 0.735. The third kappa shape index (κ3) is 2.40. The fourth-order valence-electron chi connectivity index (χ4n) is 3.71. The van der Waals surface area contributed by atoms with Gasteiger partial charge in [0.2, 0.25) is 0 Å². The molecule has 1 aromatic heterocycles. The molecule has 0 fully saturated rings. The maximum Gasteiger partial charge on any atom is 0.268 e. The molecule has 1 aliphatic rings. The van der Waals surface area contributed by atoms with Crippen LogP contribution in [0.5, 0.6) is 0 Å². The SMILES string of the molecule is Cc1ccc(-c2cc(C#N)cc3c(C)c4n(c23)CCCNC4=O)cc1. The lowest BCUT2D eigenvalue weighted by atomic mass is 9.98. The molecular formula is C21H19N3O. The molecule has 124 valence electrons. The molecule has 0 radical (unpaired) electrons. The van der Waals surface area contributed by atoms with E-state index in [2.05, 4.69) is 47.1 Å². The van der Waals surface area contributed by atoms with Crippen molar-refractivity contribution in [1.82, 2.24) is 9.88 Å². The van der Waals surface area contributed by atoms with Gasteiger partial charge in [-0.05, 0) is 43.5 Å². The summed E-state index contributed by atoms with van der Waals surface area (Å²) in [6.07, 6.45) is 0.898. The van der Waals surface area contributed by atoms with Crippen LogP contribution in [-0.4, -0.2) is 17.0 Å². The minimum absolute atomic E-state index is 0.0282. The molecule has 2 heterocycles. The van der Waals surface area contributed by atoms with Gasteiger partial charge >= 0.3 is 0 Å². The molecule has 0 unspecified atom stereocenters. The number of nitrogens with zero attached hydrogens (tertiary/aromatic N) is 2. The van der Waals surface area contributed by atoms with E-state index in [1.54, 1.807) is 0 Å². The van der Waals surface area contributed by atoms with Gasteiger partial charge in [0.05, 0.1) is 17.1 Å². The first-order chi connectivity index (χ1) is 12.1. The third-order valence-electron chi connectivity index (χ3n) is 4.96. The number of amides is 1. The van der Waals surface area contributed by atoms with Crippen molar-refractivity contribution in [2.24, 2.45) is 0 Å². The van der Waals surface area contributed by atoms with Gasteiger partial charge in [-0.15, -0.1) is 0 Å². The van der Waals surface area contributed by atoms with Crippen molar-refractivity contribution in [3.63, 3.8) is 0 Å². The van der Waals surface area contributed by atoms with E-state index in [9.17, 15) is 10.1 Å². The predicted molar refractivity (Wildman–Crippen MR) is 98.5 cm³/mol. The molecule has 0 saturated carbocycles. The molecule has 1 aliphatic heterocycles. The number of nitrogens with one attached hydrogen (secondary N) is 1. The van der Waals surface area contributed by atoms with Crippen molar-refractivity contribution in [2.45, 2.75) is 26.8 Å². The zero-order valence-corrected chi connectivity index (χ0v) is 14.4. The van der Waals surface area contributed by atoms with Gasteiger partial charge in [0, 0.05) is 24.0 Å². The molecule has 2 aromatic carbocycles. The van der Waals surface area contributed by atoms with Crippen molar-refractivity contribution < 1.29 is 4.79 Å². The summed E-state index contributed by atoms with van der Waals surface area (Å²) in [5.74, 6) is -0.0282. The van der Waals surface area contributed by atoms with Crippen LogP contribution in [0.3, 0.4) is 0 Å². The van der Waals surface area contributed by atoms with E-state index in [1.165, 1.54) is 5.56 Å². The Morgan fingerprint density at radius 1 is 1.16 bits per heavy atom. The average molecular weight is 329 g/mol. The van der Waals surface area contributed by atoms with E-state index in [-0.39, 0.29) is 5.91 Å². The Balaban J connectivity index is 2.11. The minimum atomic E-state index is -0.0282. The second-order valence-electron chi connectivity index (χ2n) is 6.63. The standard InChI is InChI=1S/C21H19N3O/c1-13-4-6-16(7-5-13)18-11-15(12-22)10-17-14(2)19-21(25)23-8-3-9-24(19)20(17)18/h4-7,10-11H,3,8-9H2,1-2H3,(H,23,25). The van der Waals surface area contributed by atoms with Gasteiger partial charge in [-0.3, -0.25) is 4.79 Å². The molecule has 4 nitrogen and oxygen atoms in total. The molecule has 1 amide bonds. The summed E-state index contributed by atoms with van der Waals surface area (Å²) in [7, 11) is 0. The summed E-state index contributed by atoms with van der Waals surface area (Å²) in [6, 6.07) is 14.4. The Bertz CT molecular complexity index is 1040. The van der Waals surface area contributed by atoms with Gasteiger partial charge in [-0.2, -0.15) is 5.26 Å². The van der Waals surface area contributed by atoms with Crippen LogP contribution in [0.2, 0.25) is 0 Å². The molecule has 0 aliphatic carbocycles. The zero-order valence-electron chi connectivity index (χ0n) is 14.4. The molecule has 1 N–H and O–H groups in total. The average Bonchev–Trinajstić information content (AvgIpc) is 2.76. The van der Waals surface area contributed by atoms with Crippen LogP contribution in [0, 0.1) is 25.2 Å². The summed E-state index contributed by atoms with van der Waals surface area (Å²) >= 11 is 0. The Labute approximate surface area is 146 Å². The molecule has 4 heteroatoms. The van der Waals surface area contributed by atoms with Crippen molar-refractivity contribution in [3.8, 4) is 17.2 Å². The number of hydrogen-bond acceptors (Lipinski definition) is 2. The first-order valence-electron chi connectivity index (χ1n) is 8.52. The van der Waals surface area contributed by atoms with Crippen molar-refractivity contribution in [2.75, 3.05) is 6.54 Å². The van der Waals surface area contributed by atoms with Crippen molar-refractivity contribution in [3.05, 3.63) is 58.8 Å². The highest BCUT2D eigenvalue weighted by molar-refractivity contribution is 6.06. The summed E-state index contributed by atoms with van der Waals surface area (Å²) in [5, 5.41) is 13.4. The molecular weight excluding hydrogens is 310 g/mol. The maximum atomic E-state index is 12.5. The van der Waals surface area contributed by atoms with Crippen molar-refractivity contribution >= 4 is 16.8 Å². The van der Waals surface area contributed by atoms with Crippen LogP contribution in [0.25, 0.3) is 22.0 Å². The summed E-state index contributed by atoms with van der Waals surface area (Å²) in [4.78, 5) is 12.5. The van der Waals surface area contributed by atoms with E-state index < -0.39 is 0 Å². The topological polar surface area (TPSA) is 57.8 Å². The molecule has 3 aromatic rings. The Morgan fingerprint density at radius 2 is 1.92 bits per heavy atom. The highest BCUT2D eigenvalue weighted by atomic mass is 16.2. The number of fused-ring (bicyclic) bond motifs is 3. The number of benzene rings is 2. The molecule has 0 bridgehead atoms. The lowest BCUT2D eigenvalue weighted by Crippen LogP contribution is -2.23. The third-order valence-corrected chi connectivity index (χ3v) is 4.96. The second-order valence-corrected chi connectivity index (χ2v) is 6.63. The number of carbonyl (C=O) groups is 1. The van der Waals surface area contributed by atoms with Gasteiger partial charge in [0.1, 0.15) is 5.69 Å². The molecule has 0 spiro atoms. The van der Waals surface area contributed by atoms with Gasteiger partial charge in [0.15, 0.2) is 0 Å². The molecule has 0 atom stereocenters. The Morgan fingerprint density at radius 3 is 2.64 bits per heavy atom. The lowest BCUT2D eigenvalue weighted by molar-refractivity contribution is 0.0951. The van der Waals surface area contributed by atoms with Crippen LogP contribution >= 0.6 is 0 Å². The lowest BCUT2D eigenvalue weighted by Gasteiger charge is -2.11. The van der Waals surface area contributed by atoms with E-state index >= 15 is 0 Å². The van der Waals surface area contributed by atoms with E-state index in [4.69, 9.17) is 0 Å². The van der Waals surface area contributed by atoms with E-state index in [0.29, 0.717) is 12.1 Å². The number of nitriles is 1. The van der Waals surface area contributed by atoms with Gasteiger partial charge in [-0.1, -0.05) is 29.8 Å². The van der Waals surface area contributed by atoms with Gasteiger partial charge < -0.3 is 9.88 Å². The van der Waals surface area contributed by atoms with Gasteiger partial charge in [-0.25, -0.2) is 0 Å². The molecule has 0 saturated heterocycles. The van der Waals surface area contributed by atoms with Crippen LogP contribution in [0.1, 0.15) is 33.6 Å². The summed E-state index contributed by atoms with van der Waals surface area (Å²) in [6.45, 7) is 5.52. The maximum absolute atomic E-state index is 12.5. The van der Waals surface area contributed by atoms with Crippen LogP contribution in [0.4, 0.5) is 0 Å². The normalized spacial score (nSPS) is 13.9. The number of aromatic nitrogens is 1. The van der Waals surface area contributed by atoms with Crippen LogP contribution in [0.15, 0.2) is 36.4 Å². The number of rotatable bonds is 1. The van der Waals surface area contributed by atoms with Crippen LogP contribution in [-0.2, 0) is 6.54 Å². The number of hydrogen-bond donors (Lipinski definition) is 1. The number of aryl methyl sites for hydroxylation is 3. The van der Waals surface area contributed by atoms with Gasteiger partial charge in [0.25, 0.3) is 5.91 Å². The number of carbonyl (C=O) groups excluding carboxylic acids is 1. The first-order valence-corrected chi connectivity index (χ1v) is 8.52. The molecule has 4 rings (SSSR count). The predicted octanol–water partition coefficient (Wildman–Crippen LogP) is 3.93. The highest BCUT2D eigenvalue weighted by Crippen LogP contribution is 2.36. The molecule has 25 heavy (non-hydrogen) atoms. The van der Waals surface area contributed by atoms with Crippen molar-refractivity contribution in [1.29, 1.82) is 5.26 Å². The Hall–Kier alpha value is -3.06. The van der Waals surface area contributed by atoms with E-state index in [0.717, 1.165) is 46.3 Å². The fourth-order valence-corrected chi connectivity index (χ4v) is 3.71. The summed E-state index contributed by atoms with van der Waals surface area (Å²) in [5.41, 5.74) is 6.60. The second kappa shape index (κ2) is 5.78. The smallest absolute Gasteiger partial charge is 0.268 e. The zero-order chi connectivity index (χ0) is 17.6. The Kier molecular flexibility index (Phi) is 3.58. The fraction of sp³-hybridized carbons (Fsp3) is 0.238. The van der Waals surface area contributed by atoms with E-state index in [1.807, 2.05) is 19.1 Å². The largest absolute Gasteiger partial charge is 0.351 e. The highest BCUT2D eigenvalue weighted by Gasteiger charge is 2.24.